The molecule has 2 aromatic carbocycles. The standard InChI is InChI=1S/C21H24ClNO6/c1-2-3-10-28-12-15(24)13-29-19-9-8-14(11-18(19)22)23-20(25)16-6-4-5-7-17(16)21(26)27/h4-9,11,15,24H,2-3,10,12-13H2,1H3,(H,23,25)(H,26,27). The first kappa shape index (κ1) is 22.7. The van der Waals surface area contributed by atoms with E-state index in [2.05, 4.69) is 12.2 Å². The third kappa shape index (κ3) is 7.05. The summed E-state index contributed by atoms with van der Waals surface area (Å²) >= 11 is 6.19. The monoisotopic (exact) mass is 421 g/mol. The maximum Gasteiger partial charge on any atom is 0.336 e. The van der Waals surface area contributed by atoms with E-state index in [9.17, 15) is 19.8 Å². The lowest BCUT2D eigenvalue weighted by Crippen LogP contribution is -2.23. The number of halogens is 1. The Hall–Kier alpha value is -2.61. The van der Waals surface area contributed by atoms with Gasteiger partial charge in [-0.1, -0.05) is 37.1 Å². The molecule has 0 heterocycles. The number of unbranched alkanes of at least 4 members (excludes halogenated alkanes) is 1. The van der Waals surface area contributed by atoms with Crippen molar-refractivity contribution in [2.45, 2.75) is 25.9 Å². The fraction of sp³-hybridized carbons (Fsp3) is 0.333. The molecule has 0 aliphatic rings. The van der Waals surface area contributed by atoms with Gasteiger partial charge in [0.2, 0.25) is 0 Å². The van der Waals surface area contributed by atoms with Crippen molar-refractivity contribution >= 4 is 29.2 Å². The Morgan fingerprint density at radius 2 is 1.86 bits per heavy atom. The lowest BCUT2D eigenvalue weighted by molar-refractivity contribution is 0.0113. The normalized spacial score (nSPS) is 11.7. The van der Waals surface area contributed by atoms with Gasteiger partial charge in [0.1, 0.15) is 18.5 Å². The minimum absolute atomic E-state index is 0.0174. The van der Waals surface area contributed by atoms with Crippen molar-refractivity contribution in [3.05, 3.63) is 58.6 Å². The van der Waals surface area contributed by atoms with Gasteiger partial charge in [-0.2, -0.15) is 0 Å². The maximum atomic E-state index is 12.4. The number of aromatic carboxylic acids is 1. The van der Waals surface area contributed by atoms with Crippen LogP contribution in [0.3, 0.4) is 0 Å². The molecule has 0 saturated heterocycles. The summed E-state index contributed by atoms with van der Waals surface area (Å²) in [5, 5.41) is 21.9. The molecule has 0 bridgehead atoms. The minimum Gasteiger partial charge on any atom is -0.489 e. The van der Waals surface area contributed by atoms with E-state index in [1.165, 1.54) is 18.2 Å². The van der Waals surface area contributed by atoms with Crippen molar-refractivity contribution in [2.75, 3.05) is 25.1 Å². The number of rotatable bonds is 11. The number of hydrogen-bond donors (Lipinski definition) is 3. The molecule has 8 heteroatoms. The van der Waals surface area contributed by atoms with Crippen LogP contribution >= 0.6 is 11.6 Å². The number of ether oxygens (including phenoxy) is 2. The van der Waals surface area contributed by atoms with E-state index < -0.39 is 18.0 Å². The number of amides is 1. The van der Waals surface area contributed by atoms with E-state index in [0.717, 1.165) is 12.8 Å². The van der Waals surface area contributed by atoms with E-state index in [1.807, 2.05) is 0 Å². The number of hydrogen-bond acceptors (Lipinski definition) is 5. The van der Waals surface area contributed by atoms with Gasteiger partial charge in [-0.05, 0) is 36.8 Å². The quantitative estimate of drug-likeness (QED) is 0.476. The Kier molecular flexibility index (Phi) is 8.92. The lowest BCUT2D eigenvalue weighted by atomic mass is 10.1. The van der Waals surface area contributed by atoms with Gasteiger partial charge >= 0.3 is 5.97 Å². The molecule has 1 unspecified atom stereocenters. The second kappa shape index (κ2) is 11.4. The smallest absolute Gasteiger partial charge is 0.336 e. The number of benzene rings is 2. The van der Waals surface area contributed by atoms with Crippen LogP contribution in [-0.4, -0.2) is 48.0 Å². The summed E-state index contributed by atoms with van der Waals surface area (Å²) < 4.78 is 10.8. The van der Waals surface area contributed by atoms with Crippen LogP contribution in [0.1, 0.15) is 40.5 Å². The van der Waals surface area contributed by atoms with Crippen molar-refractivity contribution in [2.24, 2.45) is 0 Å². The van der Waals surface area contributed by atoms with Crippen LogP contribution in [0, 0.1) is 0 Å². The molecule has 156 valence electrons. The summed E-state index contributed by atoms with van der Waals surface area (Å²) in [6, 6.07) is 10.6. The zero-order valence-electron chi connectivity index (χ0n) is 16.1. The second-order valence-corrected chi connectivity index (χ2v) is 6.75. The zero-order valence-corrected chi connectivity index (χ0v) is 16.8. The largest absolute Gasteiger partial charge is 0.489 e. The number of carbonyl (C=O) groups excluding carboxylic acids is 1. The zero-order chi connectivity index (χ0) is 21.2. The highest BCUT2D eigenvalue weighted by Gasteiger charge is 2.16. The van der Waals surface area contributed by atoms with Crippen molar-refractivity contribution in [3.63, 3.8) is 0 Å². The summed E-state index contributed by atoms with van der Waals surface area (Å²) in [4.78, 5) is 23.7. The van der Waals surface area contributed by atoms with Gasteiger partial charge in [-0.15, -0.1) is 0 Å². The van der Waals surface area contributed by atoms with Crippen molar-refractivity contribution in [1.29, 1.82) is 0 Å². The summed E-state index contributed by atoms with van der Waals surface area (Å²) in [5.74, 6) is -1.40. The molecule has 2 rings (SSSR count). The molecule has 0 aliphatic carbocycles. The van der Waals surface area contributed by atoms with Gasteiger partial charge in [0.25, 0.3) is 5.91 Å². The Balaban J connectivity index is 1.94. The van der Waals surface area contributed by atoms with Gasteiger partial charge in [-0.25, -0.2) is 4.79 Å². The number of anilines is 1. The molecule has 2 aromatic rings. The third-order valence-electron chi connectivity index (χ3n) is 3.98. The van der Waals surface area contributed by atoms with Gasteiger partial charge in [-0.3, -0.25) is 4.79 Å². The number of nitrogens with one attached hydrogen (secondary N) is 1. The molecular formula is C21H24ClNO6. The van der Waals surface area contributed by atoms with E-state index in [4.69, 9.17) is 21.1 Å². The van der Waals surface area contributed by atoms with Crippen molar-refractivity contribution < 1.29 is 29.3 Å². The molecule has 0 radical (unpaired) electrons. The molecule has 0 aromatic heterocycles. The number of aliphatic hydroxyl groups is 1. The average molecular weight is 422 g/mol. The molecular weight excluding hydrogens is 398 g/mol. The van der Waals surface area contributed by atoms with Crippen LogP contribution in [0.2, 0.25) is 5.02 Å². The first-order valence-corrected chi connectivity index (χ1v) is 9.62. The molecule has 7 nitrogen and oxygen atoms in total. The molecule has 3 N–H and O–H groups in total. The molecule has 0 saturated carbocycles. The summed E-state index contributed by atoms with van der Waals surface area (Å²) in [7, 11) is 0. The van der Waals surface area contributed by atoms with Crippen LogP contribution in [0.5, 0.6) is 5.75 Å². The number of carbonyl (C=O) groups is 2. The molecule has 1 atom stereocenters. The van der Waals surface area contributed by atoms with Crippen LogP contribution in [0.4, 0.5) is 5.69 Å². The Morgan fingerprint density at radius 3 is 2.52 bits per heavy atom. The van der Waals surface area contributed by atoms with Crippen LogP contribution in [-0.2, 0) is 4.74 Å². The number of aliphatic hydroxyl groups excluding tert-OH is 1. The maximum absolute atomic E-state index is 12.4. The van der Waals surface area contributed by atoms with E-state index in [1.54, 1.807) is 24.3 Å². The first-order chi connectivity index (χ1) is 13.9. The van der Waals surface area contributed by atoms with Crippen LogP contribution < -0.4 is 10.1 Å². The van der Waals surface area contributed by atoms with E-state index in [0.29, 0.717) is 18.0 Å². The Bertz CT molecular complexity index is 842. The fourth-order valence-electron chi connectivity index (χ4n) is 2.46. The molecule has 29 heavy (non-hydrogen) atoms. The number of carboxylic acids is 1. The van der Waals surface area contributed by atoms with Gasteiger partial charge < -0.3 is 25.0 Å². The van der Waals surface area contributed by atoms with E-state index in [-0.39, 0.29) is 29.4 Å². The highest BCUT2D eigenvalue weighted by atomic mass is 35.5. The second-order valence-electron chi connectivity index (χ2n) is 6.34. The van der Waals surface area contributed by atoms with Gasteiger partial charge in [0.15, 0.2) is 0 Å². The van der Waals surface area contributed by atoms with Crippen LogP contribution in [0.15, 0.2) is 42.5 Å². The van der Waals surface area contributed by atoms with Crippen molar-refractivity contribution in [1.82, 2.24) is 0 Å². The third-order valence-corrected chi connectivity index (χ3v) is 4.27. The minimum atomic E-state index is -1.19. The molecule has 0 aliphatic heterocycles. The van der Waals surface area contributed by atoms with E-state index >= 15 is 0 Å². The number of carboxylic acid groups (broad SMARTS) is 1. The summed E-state index contributed by atoms with van der Waals surface area (Å²) in [5.41, 5.74) is 0.338. The van der Waals surface area contributed by atoms with Crippen LogP contribution in [0.25, 0.3) is 0 Å². The highest BCUT2D eigenvalue weighted by Crippen LogP contribution is 2.28. The predicted molar refractivity (Wildman–Crippen MR) is 110 cm³/mol. The molecule has 0 spiro atoms. The van der Waals surface area contributed by atoms with Crippen molar-refractivity contribution in [3.8, 4) is 5.75 Å². The predicted octanol–water partition coefficient (Wildman–Crippen LogP) is 3.85. The molecule has 0 fully saturated rings. The summed E-state index contributed by atoms with van der Waals surface area (Å²) in [6.07, 6.45) is 1.17. The Labute approximate surface area is 174 Å². The Morgan fingerprint density at radius 1 is 1.14 bits per heavy atom. The van der Waals surface area contributed by atoms with Gasteiger partial charge in [0.05, 0.1) is 22.8 Å². The summed E-state index contributed by atoms with van der Waals surface area (Å²) in [6.45, 7) is 2.84. The topological polar surface area (TPSA) is 105 Å². The molecule has 1 amide bonds. The fourth-order valence-corrected chi connectivity index (χ4v) is 2.70. The lowest BCUT2D eigenvalue weighted by Gasteiger charge is -2.14. The average Bonchev–Trinajstić information content (AvgIpc) is 2.70. The first-order valence-electron chi connectivity index (χ1n) is 9.24. The van der Waals surface area contributed by atoms with Gasteiger partial charge in [0, 0.05) is 12.3 Å². The SMILES string of the molecule is CCCCOCC(O)COc1ccc(NC(=O)c2ccccc2C(=O)O)cc1Cl. The highest BCUT2D eigenvalue weighted by molar-refractivity contribution is 6.32.